The summed E-state index contributed by atoms with van der Waals surface area (Å²) in [7, 11) is 0. The van der Waals surface area contributed by atoms with Gasteiger partial charge in [0.2, 0.25) is 0 Å². The minimum Gasteiger partial charge on any atom is -0.323 e. The number of hydrogen-bond donors (Lipinski definition) is 1. The van der Waals surface area contributed by atoms with Crippen LogP contribution < -0.4 is 5.73 Å². The standard InChI is InChI=1S/C15H23N3/c1-2-12-3-5-13(6-4-12)15(16)14-11-17-7-9-18(14)10-8-17/h3-6,14-15H,2,7-11,16H2,1H3. The largest absolute Gasteiger partial charge is 0.323 e. The van der Waals surface area contributed by atoms with Gasteiger partial charge in [0.25, 0.3) is 0 Å². The van der Waals surface area contributed by atoms with Crippen LogP contribution in [0.5, 0.6) is 0 Å². The van der Waals surface area contributed by atoms with E-state index in [1.807, 2.05) is 0 Å². The van der Waals surface area contributed by atoms with Gasteiger partial charge in [0.1, 0.15) is 0 Å². The zero-order chi connectivity index (χ0) is 12.5. The molecule has 3 fully saturated rings. The summed E-state index contributed by atoms with van der Waals surface area (Å²) in [6.07, 6.45) is 1.10. The van der Waals surface area contributed by atoms with Crippen LogP contribution in [0.2, 0.25) is 0 Å². The highest BCUT2D eigenvalue weighted by atomic mass is 15.3. The van der Waals surface area contributed by atoms with Crippen molar-refractivity contribution in [2.75, 3.05) is 32.7 Å². The van der Waals surface area contributed by atoms with Crippen LogP contribution in [0.25, 0.3) is 0 Å². The molecule has 0 saturated carbocycles. The minimum atomic E-state index is 0.152. The predicted molar refractivity (Wildman–Crippen MR) is 74.5 cm³/mol. The van der Waals surface area contributed by atoms with Gasteiger partial charge in [0.15, 0.2) is 0 Å². The fraction of sp³-hybridized carbons (Fsp3) is 0.600. The first-order chi connectivity index (χ1) is 8.78. The van der Waals surface area contributed by atoms with Gasteiger partial charge in [-0.05, 0) is 17.5 Å². The van der Waals surface area contributed by atoms with Gasteiger partial charge in [-0.3, -0.25) is 9.80 Å². The third-order valence-corrected chi connectivity index (χ3v) is 4.51. The lowest BCUT2D eigenvalue weighted by Gasteiger charge is -2.49. The van der Waals surface area contributed by atoms with Gasteiger partial charge in [-0.25, -0.2) is 0 Å². The van der Waals surface area contributed by atoms with Gasteiger partial charge in [0.05, 0.1) is 0 Å². The summed E-state index contributed by atoms with van der Waals surface area (Å²) >= 11 is 0. The van der Waals surface area contributed by atoms with E-state index in [1.54, 1.807) is 0 Å². The van der Waals surface area contributed by atoms with Crippen LogP contribution in [0.4, 0.5) is 0 Å². The van der Waals surface area contributed by atoms with Crippen LogP contribution in [-0.2, 0) is 6.42 Å². The Morgan fingerprint density at radius 2 is 1.83 bits per heavy atom. The van der Waals surface area contributed by atoms with Gasteiger partial charge >= 0.3 is 0 Å². The number of hydrogen-bond acceptors (Lipinski definition) is 3. The lowest BCUT2D eigenvalue weighted by Crippen LogP contribution is -2.63. The summed E-state index contributed by atoms with van der Waals surface area (Å²) in [5.41, 5.74) is 9.15. The third kappa shape index (κ3) is 2.18. The zero-order valence-corrected chi connectivity index (χ0v) is 11.2. The Hall–Kier alpha value is -0.900. The molecule has 0 spiro atoms. The van der Waals surface area contributed by atoms with E-state index in [4.69, 9.17) is 5.73 Å². The zero-order valence-electron chi connectivity index (χ0n) is 11.2. The quantitative estimate of drug-likeness (QED) is 0.870. The number of benzene rings is 1. The van der Waals surface area contributed by atoms with Gasteiger partial charge in [-0.2, -0.15) is 0 Å². The number of piperazine rings is 3. The number of fused-ring (bicyclic) bond motifs is 3. The van der Waals surface area contributed by atoms with Crippen LogP contribution >= 0.6 is 0 Å². The van der Waals surface area contributed by atoms with E-state index in [0.29, 0.717) is 6.04 Å². The predicted octanol–water partition coefficient (Wildman–Crippen LogP) is 1.25. The molecule has 2 bridgehead atoms. The molecule has 4 rings (SSSR count). The van der Waals surface area contributed by atoms with E-state index in [2.05, 4.69) is 41.0 Å². The molecule has 3 saturated heterocycles. The Morgan fingerprint density at radius 3 is 2.33 bits per heavy atom. The SMILES string of the molecule is CCc1ccc(C(N)C2CN3CCN2CC3)cc1. The van der Waals surface area contributed by atoms with E-state index in [9.17, 15) is 0 Å². The maximum Gasteiger partial charge on any atom is 0.0465 e. The Bertz CT molecular complexity index is 393. The van der Waals surface area contributed by atoms with Gasteiger partial charge in [-0.1, -0.05) is 31.2 Å². The highest BCUT2D eigenvalue weighted by Crippen LogP contribution is 2.25. The molecule has 3 heterocycles. The number of rotatable bonds is 3. The summed E-state index contributed by atoms with van der Waals surface area (Å²) in [5.74, 6) is 0. The van der Waals surface area contributed by atoms with E-state index in [-0.39, 0.29) is 6.04 Å². The van der Waals surface area contributed by atoms with Crippen LogP contribution in [0.15, 0.2) is 24.3 Å². The van der Waals surface area contributed by atoms with Gasteiger partial charge in [-0.15, -0.1) is 0 Å². The molecule has 98 valence electrons. The van der Waals surface area contributed by atoms with Crippen molar-refractivity contribution < 1.29 is 0 Å². The Kier molecular flexibility index (Phi) is 3.37. The minimum absolute atomic E-state index is 0.152. The molecule has 18 heavy (non-hydrogen) atoms. The average molecular weight is 245 g/mol. The second kappa shape index (κ2) is 5.00. The molecule has 3 nitrogen and oxygen atoms in total. The number of aryl methyl sites for hydroxylation is 1. The molecule has 0 aromatic heterocycles. The fourth-order valence-corrected chi connectivity index (χ4v) is 3.20. The third-order valence-electron chi connectivity index (χ3n) is 4.51. The molecule has 3 heteroatoms. The average Bonchev–Trinajstić information content (AvgIpc) is 2.48. The molecule has 0 aliphatic carbocycles. The lowest BCUT2D eigenvalue weighted by atomic mass is 9.94. The maximum atomic E-state index is 6.48. The summed E-state index contributed by atoms with van der Waals surface area (Å²) in [4.78, 5) is 5.11. The van der Waals surface area contributed by atoms with Crippen LogP contribution in [0.1, 0.15) is 24.1 Å². The highest BCUT2D eigenvalue weighted by Gasteiger charge is 2.35. The van der Waals surface area contributed by atoms with Crippen molar-refractivity contribution >= 4 is 0 Å². The van der Waals surface area contributed by atoms with Gasteiger partial charge < -0.3 is 5.73 Å². The first-order valence-electron chi connectivity index (χ1n) is 7.08. The molecule has 0 amide bonds. The molecule has 2 unspecified atom stereocenters. The van der Waals surface area contributed by atoms with Crippen molar-refractivity contribution in [2.45, 2.75) is 25.4 Å². The van der Waals surface area contributed by atoms with Crippen molar-refractivity contribution in [3.05, 3.63) is 35.4 Å². The van der Waals surface area contributed by atoms with Crippen LogP contribution in [0.3, 0.4) is 0 Å². The molecule has 3 aliphatic heterocycles. The Morgan fingerprint density at radius 1 is 1.17 bits per heavy atom. The van der Waals surface area contributed by atoms with Crippen molar-refractivity contribution in [3.8, 4) is 0 Å². The molecule has 1 aromatic rings. The first kappa shape index (κ1) is 12.2. The normalized spacial score (nSPS) is 32.4. The van der Waals surface area contributed by atoms with E-state index >= 15 is 0 Å². The highest BCUT2D eigenvalue weighted by molar-refractivity contribution is 5.26. The molecular formula is C15H23N3. The summed E-state index contributed by atoms with van der Waals surface area (Å²) in [6.45, 7) is 8.14. The Balaban J connectivity index is 1.75. The second-order valence-electron chi connectivity index (χ2n) is 5.52. The molecule has 3 aliphatic rings. The van der Waals surface area contributed by atoms with E-state index in [1.165, 1.54) is 37.3 Å². The first-order valence-corrected chi connectivity index (χ1v) is 7.08. The van der Waals surface area contributed by atoms with E-state index in [0.717, 1.165) is 13.0 Å². The van der Waals surface area contributed by atoms with Crippen LogP contribution in [-0.4, -0.2) is 48.6 Å². The topological polar surface area (TPSA) is 32.5 Å². The summed E-state index contributed by atoms with van der Waals surface area (Å²) in [5, 5.41) is 0. The number of nitrogens with zero attached hydrogens (tertiary/aromatic N) is 2. The van der Waals surface area contributed by atoms with Crippen LogP contribution in [0, 0.1) is 0 Å². The molecule has 2 atom stereocenters. The summed E-state index contributed by atoms with van der Waals surface area (Å²) < 4.78 is 0. The second-order valence-corrected chi connectivity index (χ2v) is 5.52. The molecule has 0 radical (unpaired) electrons. The van der Waals surface area contributed by atoms with E-state index < -0.39 is 0 Å². The smallest absolute Gasteiger partial charge is 0.0465 e. The molecule has 2 N–H and O–H groups in total. The van der Waals surface area contributed by atoms with Crippen molar-refractivity contribution in [1.82, 2.24) is 9.80 Å². The molecular weight excluding hydrogens is 222 g/mol. The Labute approximate surface area is 110 Å². The van der Waals surface area contributed by atoms with Gasteiger partial charge in [0, 0.05) is 44.8 Å². The maximum absolute atomic E-state index is 6.48. The lowest BCUT2D eigenvalue weighted by molar-refractivity contribution is 0.00214. The van der Waals surface area contributed by atoms with Crippen molar-refractivity contribution in [1.29, 1.82) is 0 Å². The summed E-state index contributed by atoms with van der Waals surface area (Å²) in [6, 6.07) is 9.50. The van der Waals surface area contributed by atoms with Crippen molar-refractivity contribution in [3.63, 3.8) is 0 Å². The fourth-order valence-electron chi connectivity index (χ4n) is 3.20. The number of nitrogens with two attached hydrogens (primary N) is 1. The van der Waals surface area contributed by atoms with Crippen molar-refractivity contribution in [2.24, 2.45) is 5.73 Å². The molecule has 1 aromatic carbocycles. The monoisotopic (exact) mass is 245 g/mol.